The average Bonchev–Trinajstić information content (AvgIpc) is 2.80. The zero-order chi connectivity index (χ0) is 25.0. The molecule has 0 aliphatic carbocycles. The predicted molar refractivity (Wildman–Crippen MR) is 131 cm³/mol. The minimum absolute atomic E-state index is 0.236. The van der Waals surface area contributed by atoms with E-state index in [1.165, 1.54) is 0 Å². The van der Waals surface area contributed by atoms with Crippen molar-refractivity contribution in [2.75, 3.05) is 74.1 Å². The van der Waals surface area contributed by atoms with Gasteiger partial charge in [0.15, 0.2) is 0 Å². The first-order valence-electron chi connectivity index (χ1n) is 12.1. The molecule has 0 saturated carbocycles. The van der Waals surface area contributed by atoms with Gasteiger partial charge in [0.1, 0.15) is 0 Å². The van der Waals surface area contributed by atoms with Crippen LogP contribution in [-0.4, -0.2) is 108 Å². The van der Waals surface area contributed by atoms with Gasteiger partial charge in [-0.15, -0.1) is 0 Å². The van der Waals surface area contributed by atoms with E-state index in [0.717, 1.165) is 25.8 Å². The molecule has 1 atom stereocenters. The molecule has 1 N–H and O–H groups in total. The lowest BCUT2D eigenvalue weighted by Crippen LogP contribution is -2.46. The van der Waals surface area contributed by atoms with Crippen LogP contribution >= 0.6 is 0 Å². The lowest BCUT2D eigenvalue weighted by Gasteiger charge is -2.29. The Morgan fingerprint density at radius 2 is 1.27 bits per heavy atom. The molecule has 0 amide bonds. The number of ether oxygens (including phenoxy) is 1. The summed E-state index contributed by atoms with van der Waals surface area (Å²) in [6, 6.07) is 1.36. The van der Waals surface area contributed by atoms with E-state index in [0.29, 0.717) is 51.7 Å². The molecule has 0 spiro atoms. The fourth-order valence-corrected chi connectivity index (χ4v) is 7.67. The average molecular weight is 516 g/mol. The summed E-state index contributed by atoms with van der Waals surface area (Å²) in [7, 11) is -0.444. The summed E-state index contributed by atoms with van der Waals surface area (Å²) in [6.07, 6.45) is 1.76. The minimum Gasteiger partial charge on any atom is -0.389 e. The van der Waals surface area contributed by atoms with Crippen LogP contribution in [0.4, 0.5) is 0 Å². The molecule has 0 aromatic carbocycles. The number of hydroxylamine groups is 2. The number of hydrogen-bond acceptors (Lipinski definition) is 10. The lowest BCUT2D eigenvalue weighted by atomic mass is 10.3. The first-order valence-corrected chi connectivity index (χ1v) is 16.0. The van der Waals surface area contributed by atoms with Gasteiger partial charge in [-0.2, -0.15) is 5.06 Å². The van der Waals surface area contributed by atoms with Crippen LogP contribution in [0, 0.1) is 0 Å². The van der Waals surface area contributed by atoms with Gasteiger partial charge in [-0.25, -0.2) is 0 Å². The van der Waals surface area contributed by atoms with Crippen molar-refractivity contribution in [1.82, 2.24) is 5.06 Å². The lowest BCUT2D eigenvalue weighted by molar-refractivity contribution is -0.177. The Kier molecular flexibility index (Phi) is 20.3. The molecule has 33 heavy (non-hydrogen) atoms. The van der Waals surface area contributed by atoms with Gasteiger partial charge in [-0.3, -0.25) is 4.84 Å². The zero-order valence-corrected chi connectivity index (χ0v) is 23.9. The Balaban J connectivity index is 4.35. The van der Waals surface area contributed by atoms with Crippen LogP contribution in [0.2, 0.25) is 12.1 Å². The van der Waals surface area contributed by atoms with E-state index in [2.05, 4.69) is 6.92 Å². The Morgan fingerprint density at radius 1 is 0.758 bits per heavy atom. The Bertz CT molecular complexity index is 423. The number of nitrogens with zero attached hydrogens (tertiary/aromatic N) is 1. The summed E-state index contributed by atoms with van der Waals surface area (Å²) in [4.78, 5) is 5.93. The number of aliphatic hydroxyl groups excluding tert-OH is 1. The molecule has 0 saturated heterocycles. The van der Waals surface area contributed by atoms with Gasteiger partial charge in [-0.1, -0.05) is 6.92 Å². The molecule has 0 aromatic heterocycles. The standard InChI is InChI=1S/C21H49NO9Si2/c1-8-14-22(28-16-13-18-33(29-9-2,30-10-3)31-11-4)19-21(23)20-27-15-12-17-32(24-5,25-6)26-7/h21,23H,8-20H2,1-7H3. The number of rotatable bonds is 24. The van der Waals surface area contributed by atoms with E-state index >= 15 is 0 Å². The molecule has 12 heteroatoms. The second-order valence-electron chi connectivity index (χ2n) is 7.43. The molecule has 0 aromatic rings. The third kappa shape index (κ3) is 14.2. The highest BCUT2D eigenvalue weighted by Gasteiger charge is 2.39. The normalized spacial score (nSPS) is 13.7. The molecule has 0 heterocycles. The van der Waals surface area contributed by atoms with Crippen molar-refractivity contribution in [3.05, 3.63) is 0 Å². The van der Waals surface area contributed by atoms with E-state index < -0.39 is 23.7 Å². The maximum absolute atomic E-state index is 10.4. The van der Waals surface area contributed by atoms with E-state index in [4.69, 9.17) is 36.1 Å². The van der Waals surface area contributed by atoms with Crippen molar-refractivity contribution in [3.63, 3.8) is 0 Å². The molecular weight excluding hydrogens is 466 g/mol. The largest absolute Gasteiger partial charge is 0.501 e. The zero-order valence-electron chi connectivity index (χ0n) is 21.9. The monoisotopic (exact) mass is 515 g/mol. The van der Waals surface area contributed by atoms with Gasteiger partial charge >= 0.3 is 17.6 Å². The van der Waals surface area contributed by atoms with Crippen LogP contribution in [0.1, 0.15) is 47.0 Å². The highest BCUT2D eigenvalue weighted by molar-refractivity contribution is 6.61. The third-order valence-electron chi connectivity index (χ3n) is 4.90. The molecule has 0 aliphatic heterocycles. The minimum atomic E-state index is -2.66. The summed E-state index contributed by atoms with van der Waals surface area (Å²) in [5, 5.41) is 12.2. The summed E-state index contributed by atoms with van der Waals surface area (Å²) < 4.78 is 39.5. The topological polar surface area (TPSA) is 97.3 Å². The molecule has 10 nitrogen and oxygen atoms in total. The Labute approximate surface area is 203 Å². The van der Waals surface area contributed by atoms with Crippen molar-refractivity contribution in [2.24, 2.45) is 0 Å². The van der Waals surface area contributed by atoms with Gasteiger partial charge in [-0.05, 0) is 40.0 Å². The van der Waals surface area contributed by atoms with Gasteiger partial charge in [0.25, 0.3) is 0 Å². The fraction of sp³-hybridized carbons (Fsp3) is 1.00. The molecule has 0 radical (unpaired) electrons. The third-order valence-corrected chi connectivity index (χ3v) is 10.9. The van der Waals surface area contributed by atoms with Crippen molar-refractivity contribution < 1.29 is 41.2 Å². The quantitative estimate of drug-likeness (QED) is 0.117. The Morgan fingerprint density at radius 3 is 1.76 bits per heavy atom. The summed E-state index contributed by atoms with van der Waals surface area (Å²) >= 11 is 0. The van der Waals surface area contributed by atoms with Crippen LogP contribution in [0.25, 0.3) is 0 Å². The second-order valence-corrected chi connectivity index (χ2v) is 13.3. The van der Waals surface area contributed by atoms with Crippen LogP contribution in [0.5, 0.6) is 0 Å². The first kappa shape index (κ1) is 33.0. The number of hydrogen-bond donors (Lipinski definition) is 1. The van der Waals surface area contributed by atoms with Gasteiger partial charge < -0.3 is 36.4 Å². The van der Waals surface area contributed by atoms with Crippen LogP contribution in [0.15, 0.2) is 0 Å². The van der Waals surface area contributed by atoms with Crippen molar-refractivity contribution >= 4 is 17.6 Å². The van der Waals surface area contributed by atoms with Crippen LogP contribution in [-0.2, 0) is 36.1 Å². The second kappa shape index (κ2) is 20.2. The molecule has 0 aliphatic rings. The maximum Gasteiger partial charge on any atom is 0.501 e. The summed E-state index contributed by atoms with van der Waals surface area (Å²) in [5.74, 6) is 0. The van der Waals surface area contributed by atoms with E-state index in [1.54, 1.807) is 26.4 Å². The van der Waals surface area contributed by atoms with E-state index in [-0.39, 0.29) is 6.61 Å². The molecule has 0 fully saturated rings. The van der Waals surface area contributed by atoms with Crippen LogP contribution < -0.4 is 0 Å². The smallest absolute Gasteiger partial charge is 0.389 e. The van der Waals surface area contributed by atoms with E-state index in [9.17, 15) is 5.11 Å². The van der Waals surface area contributed by atoms with Crippen LogP contribution in [0.3, 0.4) is 0 Å². The molecule has 1 unspecified atom stereocenters. The highest BCUT2D eigenvalue weighted by atomic mass is 28.4. The summed E-state index contributed by atoms with van der Waals surface area (Å²) in [6.45, 7) is 12.0. The van der Waals surface area contributed by atoms with Crippen molar-refractivity contribution in [1.29, 1.82) is 0 Å². The number of aliphatic hydroxyl groups is 1. The molecule has 0 rings (SSSR count). The molecule has 200 valence electrons. The van der Waals surface area contributed by atoms with Crippen molar-refractivity contribution in [2.45, 2.75) is 65.1 Å². The SMILES string of the molecule is CCCN(CC(O)COCCC[Si](OC)(OC)OC)OCCC[Si](OCC)(OCC)OCC. The fourth-order valence-electron chi connectivity index (χ4n) is 3.40. The molecular formula is C21H49NO9Si2. The van der Waals surface area contributed by atoms with Gasteiger partial charge in [0.2, 0.25) is 0 Å². The first-order chi connectivity index (χ1) is 15.9. The Hall–Kier alpha value is 0.0338. The van der Waals surface area contributed by atoms with Gasteiger partial charge in [0, 0.05) is 66.4 Å². The van der Waals surface area contributed by atoms with Crippen molar-refractivity contribution in [3.8, 4) is 0 Å². The molecule has 0 bridgehead atoms. The van der Waals surface area contributed by atoms with E-state index in [1.807, 2.05) is 20.8 Å². The maximum atomic E-state index is 10.4. The highest BCUT2D eigenvalue weighted by Crippen LogP contribution is 2.18. The summed E-state index contributed by atoms with van der Waals surface area (Å²) in [5.41, 5.74) is 0. The predicted octanol–water partition coefficient (Wildman–Crippen LogP) is 2.71. The van der Waals surface area contributed by atoms with Gasteiger partial charge in [0.05, 0.1) is 25.9 Å².